The van der Waals surface area contributed by atoms with Crippen molar-refractivity contribution in [2.75, 3.05) is 6.61 Å². The molecule has 0 bridgehead atoms. The number of hydrogen-bond acceptors (Lipinski definition) is 2. The van der Waals surface area contributed by atoms with Gasteiger partial charge in [-0.3, -0.25) is 4.79 Å². The van der Waals surface area contributed by atoms with Crippen LogP contribution in [0.2, 0.25) is 0 Å². The quantitative estimate of drug-likeness (QED) is 0.766. The van der Waals surface area contributed by atoms with E-state index in [0.29, 0.717) is 12.5 Å². The molecule has 1 aromatic rings. The fourth-order valence-corrected chi connectivity index (χ4v) is 3.51. The minimum atomic E-state index is -0.462. The lowest BCUT2D eigenvalue weighted by molar-refractivity contribution is -0.113. The van der Waals surface area contributed by atoms with Crippen LogP contribution in [0, 0.1) is 11.8 Å². The highest BCUT2D eigenvalue weighted by Gasteiger charge is 2.53. The van der Waals surface area contributed by atoms with Crippen LogP contribution in [-0.4, -0.2) is 12.4 Å². The summed E-state index contributed by atoms with van der Waals surface area (Å²) in [6.07, 6.45) is 9.70. The van der Waals surface area contributed by atoms with E-state index in [-0.39, 0.29) is 11.7 Å². The number of rotatable bonds is 1. The van der Waals surface area contributed by atoms with Crippen molar-refractivity contribution in [3.05, 3.63) is 71.8 Å². The van der Waals surface area contributed by atoms with Crippen LogP contribution in [0.3, 0.4) is 0 Å². The van der Waals surface area contributed by atoms with Crippen LogP contribution in [0.15, 0.2) is 66.3 Å². The van der Waals surface area contributed by atoms with Gasteiger partial charge in [0.2, 0.25) is 0 Å². The Kier molecular flexibility index (Phi) is 2.18. The molecule has 0 aromatic heterocycles. The molecule has 0 spiro atoms. The molecule has 1 saturated heterocycles. The minimum Gasteiger partial charge on any atom is -0.365 e. The molecule has 3 atom stereocenters. The molecule has 2 aliphatic carbocycles. The molecule has 4 rings (SSSR count). The zero-order valence-electron chi connectivity index (χ0n) is 10.5. The normalized spacial score (nSPS) is 35.2. The summed E-state index contributed by atoms with van der Waals surface area (Å²) >= 11 is 0. The van der Waals surface area contributed by atoms with E-state index in [1.807, 2.05) is 36.4 Å². The average molecular weight is 250 g/mol. The van der Waals surface area contributed by atoms with Crippen molar-refractivity contribution < 1.29 is 9.53 Å². The summed E-state index contributed by atoms with van der Waals surface area (Å²) in [5.74, 6) is 0.544. The summed E-state index contributed by atoms with van der Waals surface area (Å²) in [5.41, 5.74) is 1.56. The van der Waals surface area contributed by atoms with Crippen molar-refractivity contribution in [1.82, 2.24) is 0 Å². The van der Waals surface area contributed by atoms with E-state index in [2.05, 4.69) is 18.2 Å². The molecule has 1 aliphatic heterocycles. The lowest BCUT2D eigenvalue weighted by Crippen LogP contribution is -2.39. The number of ketones is 1. The van der Waals surface area contributed by atoms with Gasteiger partial charge in [-0.25, -0.2) is 0 Å². The summed E-state index contributed by atoms with van der Waals surface area (Å²) in [4.78, 5) is 12.1. The fraction of sp³-hybridized carbons (Fsp3) is 0.235. The van der Waals surface area contributed by atoms with E-state index in [0.717, 1.165) is 11.1 Å². The Morgan fingerprint density at radius 2 is 2.05 bits per heavy atom. The van der Waals surface area contributed by atoms with Gasteiger partial charge in [0.25, 0.3) is 0 Å². The van der Waals surface area contributed by atoms with Crippen molar-refractivity contribution >= 4 is 5.78 Å². The van der Waals surface area contributed by atoms with Gasteiger partial charge in [-0.05, 0) is 17.7 Å². The summed E-state index contributed by atoms with van der Waals surface area (Å²) in [5, 5.41) is 0. The van der Waals surface area contributed by atoms with Gasteiger partial charge in [0.1, 0.15) is 5.60 Å². The van der Waals surface area contributed by atoms with Gasteiger partial charge >= 0.3 is 0 Å². The minimum absolute atomic E-state index is 0.122. The van der Waals surface area contributed by atoms with Crippen LogP contribution in [-0.2, 0) is 15.1 Å². The molecule has 2 nitrogen and oxygen atoms in total. The smallest absolute Gasteiger partial charge is 0.182 e. The number of ether oxygens (including phenoxy) is 1. The second kappa shape index (κ2) is 3.78. The summed E-state index contributed by atoms with van der Waals surface area (Å²) in [6, 6.07) is 10.2. The third-order valence-electron chi connectivity index (χ3n) is 4.37. The third-order valence-corrected chi connectivity index (χ3v) is 4.37. The highest BCUT2D eigenvalue weighted by Crippen LogP contribution is 2.52. The SMILES string of the molecule is O=C1C=C[C@]2(c3ccccc3)OC[C@@H]3C=CC=C1[C@@H]32. The van der Waals surface area contributed by atoms with Crippen LogP contribution < -0.4 is 0 Å². The molecule has 0 saturated carbocycles. The first-order valence-electron chi connectivity index (χ1n) is 6.63. The van der Waals surface area contributed by atoms with Crippen molar-refractivity contribution in [2.24, 2.45) is 11.8 Å². The maximum Gasteiger partial charge on any atom is 0.182 e. The Labute approximate surface area is 112 Å². The number of carbonyl (C=O) groups is 1. The lowest BCUT2D eigenvalue weighted by atomic mass is 9.67. The summed E-state index contributed by atoms with van der Waals surface area (Å²) in [6.45, 7) is 0.672. The average Bonchev–Trinajstić information content (AvgIpc) is 2.86. The van der Waals surface area contributed by atoms with Gasteiger partial charge in [0.15, 0.2) is 5.78 Å². The zero-order chi connectivity index (χ0) is 12.9. The molecule has 1 aromatic carbocycles. The fourth-order valence-electron chi connectivity index (χ4n) is 3.51. The van der Waals surface area contributed by atoms with Crippen molar-refractivity contribution in [3.63, 3.8) is 0 Å². The Morgan fingerprint density at radius 1 is 1.21 bits per heavy atom. The number of hydrogen-bond donors (Lipinski definition) is 0. The Bertz CT molecular complexity index is 624. The van der Waals surface area contributed by atoms with Crippen molar-refractivity contribution in [3.8, 4) is 0 Å². The highest BCUT2D eigenvalue weighted by atomic mass is 16.5. The first kappa shape index (κ1) is 10.9. The molecule has 94 valence electrons. The molecular formula is C17H14O2. The maximum absolute atomic E-state index is 12.1. The second-order valence-corrected chi connectivity index (χ2v) is 5.32. The molecule has 1 heterocycles. The predicted molar refractivity (Wildman–Crippen MR) is 72.4 cm³/mol. The number of benzene rings is 1. The van der Waals surface area contributed by atoms with E-state index in [1.165, 1.54) is 0 Å². The lowest BCUT2D eigenvalue weighted by Gasteiger charge is -2.37. The van der Waals surface area contributed by atoms with Gasteiger partial charge < -0.3 is 4.74 Å². The van der Waals surface area contributed by atoms with Crippen LogP contribution >= 0.6 is 0 Å². The van der Waals surface area contributed by atoms with Crippen LogP contribution in [0.1, 0.15) is 5.56 Å². The maximum atomic E-state index is 12.1. The van der Waals surface area contributed by atoms with E-state index < -0.39 is 5.60 Å². The Hall–Kier alpha value is -1.93. The van der Waals surface area contributed by atoms with Gasteiger partial charge in [-0.1, -0.05) is 48.6 Å². The highest BCUT2D eigenvalue weighted by molar-refractivity contribution is 6.06. The number of allylic oxidation sites excluding steroid dienone is 3. The third kappa shape index (κ3) is 1.38. The standard InChI is InChI=1S/C17H14O2/c18-15-9-10-17(13-6-2-1-3-7-13)16-12(11-19-17)5-4-8-14(15)16/h1-10,12,16H,11H2/t12-,16+,17+/m0/s1. The Morgan fingerprint density at radius 3 is 2.89 bits per heavy atom. The van der Waals surface area contributed by atoms with Gasteiger partial charge in [0.05, 0.1) is 6.61 Å². The summed E-state index contributed by atoms with van der Waals surface area (Å²) < 4.78 is 6.16. The van der Waals surface area contributed by atoms with E-state index in [4.69, 9.17) is 4.74 Å². The first-order chi connectivity index (χ1) is 9.31. The second-order valence-electron chi connectivity index (χ2n) is 5.32. The first-order valence-corrected chi connectivity index (χ1v) is 6.63. The summed E-state index contributed by atoms with van der Waals surface area (Å²) in [7, 11) is 0. The molecular weight excluding hydrogens is 236 g/mol. The zero-order valence-corrected chi connectivity index (χ0v) is 10.5. The molecule has 2 heteroatoms. The molecule has 1 fully saturated rings. The molecule has 0 radical (unpaired) electrons. The molecule has 0 amide bonds. The van der Waals surface area contributed by atoms with E-state index >= 15 is 0 Å². The van der Waals surface area contributed by atoms with Crippen LogP contribution in [0.25, 0.3) is 0 Å². The Balaban J connectivity index is 1.94. The topological polar surface area (TPSA) is 26.3 Å². The van der Waals surface area contributed by atoms with Crippen LogP contribution in [0.4, 0.5) is 0 Å². The monoisotopic (exact) mass is 250 g/mol. The van der Waals surface area contributed by atoms with Crippen LogP contribution in [0.5, 0.6) is 0 Å². The van der Waals surface area contributed by atoms with Crippen molar-refractivity contribution in [1.29, 1.82) is 0 Å². The number of carbonyl (C=O) groups excluding carboxylic acids is 1. The molecule has 0 unspecified atom stereocenters. The van der Waals surface area contributed by atoms with Crippen molar-refractivity contribution in [2.45, 2.75) is 5.60 Å². The van der Waals surface area contributed by atoms with Gasteiger partial charge in [-0.2, -0.15) is 0 Å². The molecule has 3 aliphatic rings. The van der Waals surface area contributed by atoms with Gasteiger partial charge in [0, 0.05) is 17.4 Å². The largest absolute Gasteiger partial charge is 0.365 e. The van der Waals surface area contributed by atoms with E-state index in [9.17, 15) is 4.79 Å². The molecule has 0 N–H and O–H groups in total. The predicted octanol–water partition coefficient (Wildman–Crippen LogP) is 2.78. The van der Waals surface area contributed by atoms with E-state index in [1.54, 1.807) is 6.08 Å². The molecule has 19 heavy (non-hydrogen) atoms. The van der Waals surface area contributed by atoms with Gasteiger partial charge in [-0.15, -0.1) is 0 Å².